The van der Waals surface area contributed by atoms with Gasteiger partial charge in [-0.25, -0.2) is 4.79 Å². The van der Waals surface area contributed by atoms with Gasteiger partial charge in [0, 0.05) is 21.1 Å². The fraction of sp³-hybridized carbons (Fsp3) is 0.389. The van der Waals surface area contributed by atoms with Crippen molar-refractivity contribution in [2.45, 2.75) is 12.6 Å². The minimum Gasteiger partial charge on any atom is -0.497 e. The summed E-state index contributed by atoms with van der Waals surface area (Å²) in [5.74, 6) is 1.66. The number of anilines is 1. The molecular formula is C18H23N5O5. The van der Waals surface area contributed by atoms with Gasteiger partial charge in [0.05, 0.1) is 13.7 Å². The van der Waals surface area contributed by atoms with E-state index in [1.54, 1.807) is 50.0 Å². The molecular weight excluding hydrogens is 366 g/mol. The third-order valence-electron chi connectivity index (χ3n) is 4.47. The van der Waals surface area contributed by atoms with Crippen LogP contribution >= 0.6 is 0 Å². The highest BCUT2D eigenvalue weighted by molar-refractivity contribution is 5.74. The Bertz CT molecular complexity index is 1100. The Hall–Kier alpha value is -3.27. The molecule has 0 spiro atoms. The van der Waals surface area contributed by atoms with Gasteiger partial charge in [0.2, 0.25) is 5.95 Å². The van der Waals surface area contributed by atoms with E-state index in [9.17, 15) is 14.7 Å². The summed E-state index contributed by atoms with van der Waals surface area (Å²) in [5.41, 5.74) is -0.457. The van der Waals surface area contributed by atoms with E-state index in [0.717, 1.165) is 4.57 Å². The molecule has 10 heteroatoms. The molecule has 0 saturated heterocycles. The minimum absolute atomic E-state index is 0.0151. The summed E-state index contributed by atoms with van der Waals surface area (Å²) >= 11 is 0. The normalized spacial score (nSPS) is 12.2. The first-order valence-electron chi connectivity index (χ1n) is 8.66. The zero-order valence-electron chi connectivity index (χ0n) is 16.2. The molecule has 0 aliphatic rings. The lowest BCUT2D eigenvalue weighted by atomic mass is 10.3. The van der Waals surface area contributed by atoms with Crippen molar-refractivity contribution in [2.75, 3.05) is 26.1 Å². The third-order valence-corrected chi connectivity index (χ3v) is 4.47. The predicted molar refractivity (Wildman–Crippen MR) is 104 cm³/mol. The van der Waals surface area contributed by atoms with Crippen LogP contribution in [0.4, 0.5) is 5.95 Å². The van der Waals surface area contributed by atoms with Crippen LogP contribution in [-0.4, -0.2) is 50.7 Å². The van der Waals surface area contributed by atoms with Gasteiger partial charge in [-0.1, -0.05) is 0 Å². The van der Waals surface area contributed by atoms with Crippen LogP contribution in [0.15, 0.2) is 33.9 Å². The first-order valence-corrected chi connectivity index (χ1v) is 8.66. The number of aliphatic hydroxyl groups excluding tert-OH is 1. The quantitative estimate of drug-likeness (QED) is 0.581. The highest BCUT2D eigenvalue weighted by Crippen LogP contribution is 2.18. The molecule has 150 valence electrons. The Kier molecular flexibility index (Phi) is 5.41. The van der Waals surface area contributed by atoms with Crippen molar-refractivity contribution in [3.63, 3.8) is 0 Å². The number of imidazole rings is 1. The molecule has 2 N–H and O–H groups in total. The number of fused-ring (bicyclic) bond motifs is 1. The van der Waals surface area contributed by atoms with Crippen LogP contribution in [0.3, 0.4) is 0 Å². The number of aliphatic hydroxyl groups is 1. The molecule has 0 fully saturated rings. The van der Waals surface area contributed by atoms with E-state index in [2.05, 4.69) is 10.3 Å². The smallest absolute Gasteiger partial charge is 0.332 e. The minimum atomic E-state index is -0.909. The Morgan fingerprint density at radius 3 is 2.39 bits per heavy atom. The van der Waals surface area contributed by atoms with E-state index in [-0.39, 0.29) is 24.3 Å². The van der Waals surface area contributed by atoms with Crippen molar-refractivity contribution in [3.05, 3.63) is 45.1 Å². The summed E-state index contributed by atoms with van der Waals surface area (Å²) in [6, 6.07) is 6.99. The molecule has 2 heterocycles. The largest absolute Gasteiger partial charge is 0.497 e. The Morgan fingerprint density at radius 1 is 1.14 bits per heavy atom. The van der Waals surface area contributed by atoms with E-state index in [4.69, 9.17) is 9.47 Å². The fourth-order valence-electron chi connectivity index (χ4n) is 2.94. The monoisotopic (exact) mass is 389 g/mol. The van der Waals surface area contributed by atoms with E-state index in [0.29, 0.717) is 17.4 Å². The molecule has 0 radical (unpaired) electrons. The number of rotatable bonds is 7. The van der Waals surface area contributed by atoms with Gasteiger partial charge < -0.3 is 24.5 Å². The summed E-state index contributed by atoms with van der Waals surface area (Å²) in [7, 11) is 6.18. The average Bonchev–Trinajstić information content (AvgIpc) is 3.07. The summed E-state index contributed by atoms with van der Waals surface area (Å²) in [6.07, 6.45) is -0.909. The van der Waals surface area contributed by atoms with Gasteiger partial charge >= 0.3 is 5.69 Å². The van der Waals surface area contributed by atoms with E-state index in [1.165, 1.54) is 11.6 Å². The number of hydrogen-bond acceptors (Lipinski definition) is 7. The Balaban J connectivity index is 1.86. The number of methoxy groups -OCH3 is 1. The molecule has 0 aliphatic heterocycles. The maximum atomic E-state index is 12.6. The lowest BCUT2D eigenvalue weighted by Crippen LogP contribution is -2.38. The maximum absolute atomic E-state index is 12.6. The predicted octanol–water partition coefficient (Wildman–Crippen LogP) is -0.0761. The molecule has 0 saturated carbocycles. The average molecular weight is 389 g/mol. The fourth-order valence-corrected chi connectivity index (χ4v) is 2.94. The van der Waals surface area contributed by atoms with E-state index >= 15 is 0 Å². The Morgan fingerprint density at radius 2 is 1.79 bits per heavy atom. The van der Waals surface area contributed by atoms with Gasteiger partial charge in [-0.2, -0.15) is 4.98 Å². The van der Waals surface area contributed by atoms with Gasteiger partial charge in [0.1, 0.15) is 24.2 Å². The zero-order valence-corrected chi connectivity index (χ0v) is 16.2. The van der Waals surface area contributed by atoms with Crippen molar-refractivity contribution in [1.82, 2.24) is 18.7 Å². The standard InChI is InChI=1S/C18H23N5O5/c1-19-17-20-15-14(16(25)22(3)18(26)21(15)2)23(17)9-11(24)10-28-13-7-5-12(27-4)6-8-13/h5-8,11,24H,9-10H2,1-4H3,(H,19,20)/t11-/m0/s1. The second-order valence-corrected chi connectivity index (χ2v) is 6.31. The van der Waals surface area contributed by atoms with Gasteiger partial charge in [-0.05, 0) is 24.3 Å². The molecule has 1 atom stereocenters. The number of aryl methyl sites for hydroxylation is 1. The van der Waals surface area contributed by atoms with E-state index < -0.39 is 17.4 Å². The van der Waals surface area contributed by atoms with Crippen LogP contribution < -0.4 is 26.0 Å². The van der Waals surface area contributed by atoms with Crippen molar-refractivity contribution in [2.24, 2.45) is 14.1 Å². The Labute approximate surface area is 160 Å². The van der Waals surface area contributed by atoms with Crippen LogP contribution in [0.5, 0.6) is 11.5 Å². The first-order chi connectivity index (χ1) is 13.4. The molecule has 3 rings (SSSR count). The van der Waals surface area contributed by atoms with Gasteiger partial charge in [0.15, 0.2) is 11.2 Å². The SMILES string of the molecule is CNc1nc2c(c(=O)n(C)c(=O)n2C)n1C[C@H](O)COc1ccc(OC)cc1. The van der Waals surface area contributed by atoms with Crippen LogP contribution in [0.25, 0.3) is 11.2 Å². The molecule has 0 unspecified atom stereocenters. The number of aromatic nitrogens is 4. The second kappa shape index (κ2) is 7.77. The molecule has 2 aromatic heterocycles. The summed E-state index contributed by atoms with van der Waals surface area (Å²) in [6.45, 7) is 0.0809. The highest BCUT2D eigenvalue weighted by Gasteiger charge is 2.20. The molecule has 3 aromatic rings. The molecule has 0 amide bonds. The van der Waals surface area contributed by atoms with Crippen molar-refractivity contribution in [1.29, 1.82) is 0 Å². The van der Waals surface area contributed by atoms with Crippen LogP contribution in [0.2, 0.25) is 0 Å². The van der Waals surface area contributed by atoms with Crippen molar-refractivity contribution >= 4 is 17.1 Å². The molecule has 28 heavy (non-hydrogen) atoms. The lowest BCUT2D eigenvalue weighted by molar-refractivity contribution is 0.0938. The van der Waals surface area contributed by atoms with Crippen LogP contribution in [0.1, 0.15) is 0 Å². The number of ether oxygens (including phenoxy) is 2. The summed E-state index contributed by atoms with van der Waals surface area (Å²) < 4.78 is 14.6. The van der Waals surface area contributed by atoms with Crippen molar-refractivity contribution < 1.29 is 14.6 Å². The molecule has 0 bridgehead atoms. The van der Waals surface area contributed by atoms with Crippen LogP contribution in [0, 0.1) is 0 Å². The molecule has 10 nitrogen and oxygen atoms in total. The lowest BCUT2D eigenvalue weighted by Gasteiger charge is -2.15. The molecule has 0 aliphatic carbocycles. The van der Waals surface area contributed by atoms with E-state index in [1.807, 2.05) is 0 Å². The zero-order chi connectivity index (χ0) is 20.4. The molecule has 1 aromatic carbocycles. The third kappa shape index (κ3) is 3.46. The summed E-state index contributed by atoms with van der Waals surface area (Å²) in [4.78, 5) is 29.0. The number of benzene rings is 1. The van der Waals surface area contributed by atoms with Gasteiger partial charge in [0.25, 0.3) is 5.56 Å². The topological polar surface area (TPSA) is 113 Å². The second-order valence-electron chi connectivity index (χ2n) is 6.31. The van der Waals surface area contributed by atoms with Gasteiger partial charge in [-0.15, -0.1) is 0 Å². The number of nitrogens with one attached hydrogen (secondary N) is 1. The number of hydrogen-bond donors (Lipinski definition) is 2. The van der Waals surface area contributed by atoms with Crippen LogP contribution in [-0.2, 0) is 20.6 Å². The summed E-state index contributed by atoms with van der Waals surface area (Å²) in [5, 5.41) is 13.3. The number of nitrogens with zero attached hydrogens (tertiary/aromatic N) is 4. The first kappa shape index (κ1) is 19.5. The highest BCUT2D eigenvalue weighted by atomic mass is 16.5. The van der Waals surface area contributed by atoms with Gasteiger partial charge in [-0.3, -0.25) is 13.9 Å². The van der Waals surface area contributed by atoms with Crippen molar-refractivity contribution in [3.8, 4) is 11.5 Å². The maximum Gasteiger partial charge on any atom is 0.332 e.